The number of nitrogens with one attached hydrogen (secondary N) is 1. The van der Waals surface area contributed by atoms with Gasteiger partial charge in [-0.15, -0.1) is 0 Å². The summed E-state index contributed by atoms with van der Waals surface area (Å²) in [6.07, 6.45) is 3.99. The number of benzene rings is 1. The lowest BCUT2D eigenvalue weighted by atomic mass is 10.1. The summed E-state index contributed by atoms with van der Waals surface area (Å²) in [5.74, 6) is 0.404. The molecule has 0 spiro atoms. The summed E-state index contributed by atoms with van der Waals surface area (Å²) in [5, 5.41) is 13.5. The molecular weight excluding hydrogens is 226 g/mol. The number of hydrogen-bond acceptors (Lipinski definition) is 3. The third-order valence-electron chi connectivity index (χ3n) is 3.24. The van der Waals surface area contributed by atoms with Crippen LogP contribution in [-0.2, 0) is 6.54 Å². The van der Waals surface area contributed by atoms with Crippen LogP contribution in [0.2, 0.25) is 0 Å². The maximum Gasteiger partial charge on any atom is 0.134 e. The standard InChI is InChI=1S/C15H21NO2/c1-12(10-17)5-4-8-16-9-13-11-18-15-7-3-2-6-14(13)15/h2-3,6-7,11-12,16-17H,4-5,8-10H2,1H3. The Bertz CT molecular complexity index is 478. The molecule has 0 radical (unpaired) electrons. The largest absolute Gasteiger partial charge is 0.464 e. The molecule has 0 aliphatic carbocycles. The highest BCUT2D eigenvalue weighted by Crippen LogP contribution is 2.20. The fourth-order valence-electron chi connectivity index (χ4n) is 2.06. The van der Waals surface area contributed by atoms with Crippen LogP contribution in [0.4, 0.5) is 0 Å². The SMILES string of the molecule is CC(CO)CCCNCc1coc2ccccc12. The summed E-state index contributed by atoms with van der Waals surface area (Å²) in [6, 6.07) is 8.09. The number of hydrogen-bond donors (Lipinski definition) is 2. The van der Waals surface area contributed by atoms with Gasteiger partial charge in [0.2, 0.25) is 0 Å². The Labute approximate surface area is 108 Å². The average Bonchev–Trinajstić information content (AvgIpc) is 2.81. The lowest BCUT2D eigenvalue weighted by Gasteiger charge is -2.07. The third-order valence-corrected chi connectivity index (χ3v) is 3.24. The third kappa shape index (κ3) is 3.34. The van der Waals surface area contributed by atoms with E-state index in [2.05, 4.69) is 18.3 Å². The number of furan rings is 1. The van der Waals surface area contributed by atoms with Gasteiger partial charge >= 0.3 is 0 Å². The van der Waals surface area contributed by atoms with Crippen molar-refractivity contribution in [2.45, 2.75) is 26.3 Å². The van der Waals surface area contributed by atoms with Crippen LogP contribution in [0.1, 0.15) is 25.3 Å². The van der Waals surface area contributed by atoms with Gasteiger partial charge < -0.3 is 14.8 Å². The Kier molecular flexibility index (Phi) is 4.79. The van der Waals surface area contributed by atoms with Crippen LogP contribution in [0.25, 0.3) is 11.0 Å². The Hall–Kier alpha value is -1.32. The first-order valence-corrected chi connectivity index (χ1v) is 6.58. The zero-order valence-corrected chi connectivity index (χ0v) is 10.9. The molecule has 0 fully saturated rings. The first kappa shape index (κ1) is 13.1. The van der Waals surface area contributed by atoms with Crippen molar-refractivity contribution in [3.8, 4) is 0 Å². The summed E-state index contributed by atoms with van der Waals surface area (Å²) in [5.41, 5.74) is 2.16. The zero-order chi connectivity index (χ0) is 12.8. The van der Waals surface area contributed by atoms with E-state index in [4.69, 9.17) is 9.52 Å². The maximum absolute atomic E-state index is 8.93. The lowest BCUT2D eigenvalue weighted by molar-refractivity contribution is 0.228. The second kappa shape index (κ2) is 6.57. The van der Waals surface area contributed by atoms with Gasteiger partial charge in [-0.05, 0) is 31.4 Å². The fourth-order valence-corrected chi connectivity index (χ4v) is 2.06. The molecular formula is C15H21NO2. The van der Waals surface area contributed by atoms with E-state index in [0.29, 0.717) is 5.92 Å². The molecule has 1 unspecified atom stereocenters. The molecule has 0 amide bonds. The molecule has 1 atom stereocenters. The Morgan fingerprint density at radius 3 is 3.00 bits per heavy atom. The first-order chi connectivity index (χ1) is 8.81. The van der Waals surface area contributed by atoms with E-state index < -0.39 is 0 Å². The normalized spacial score (nSPS) is 13.0. The van der Waals surface area contributed by atoms with Crippen LogP contribution in [0.15, 0.2) is 34.9 Å². The van der Waals surface area contributed by atoms with Gasteiger partial charge in [0.1, 0.15) is 5.58 Å². The van der Waals surface area contributed by atoms with Crippen LogP contribution in [0.5, 0.6) is 0 Å². The molecule has 0 aliphatic rings. The van der Waals surface area contributed by atoms with Crippen LogP contribution in [0, 0.1) is 5.92 Å². The molecule has 98 valence electrons. The van der Waals surface area contributed by atoms with Crippen molar-refractivity contribution < 1.29 is 9.52 Å². The van der Waals surface area contributed by atoms with E-state index in [1.807, 2.05) is 24.5 Å². The number of aliphatic hydroxyl groups is 1. The van der Waals surface area contributed by atoms with E-state index in [1.54, 1.807) is 0 Å². The van der Waals surface area contributed by atoms with E-state index in [-0.39, 0.29) is 6.61 Å². The van der Waals surface area contributed by atoms with Gasteiger partial charge in [0, 0.05) is 24.1 Å². The number of para-hydroxylation sites is 1. The molecule has 2 N–H and O–H groups in total. The van der Waals surface area contributed by atoms with Gasteiger partial charge in [0.05, 0.1) is 6.26 Å². The van der Waals surface area contributed by atoms with Crippen molar-refractivity contribution in [2.24, 2.45) is 5.92 Å². The smallest absolute Gasteiger partial charge is 0.134 e. The van der Waals surface area contributed by atoms with Crippen LogP contribution < -0.4 is 5.32 Å². The van der Waals surface area contributed by atoms with E-state index in [1.165, 1.54) is 10.9 Å². The summed E-state index contributed by atoms with van der Waals surface area (Å²) in [4.78, 5) is 0. The minimum atomic E-state index is 0.284. The molecule has 18 heavy (non-hydrogen) atoms. The van der Waals surface area contributed by atoms with E-state index in [9.17, 15) is 0 Å². The van der Waals surface area contributed by atoms with Crippen molar-refractivity contribution in [3.63, 3.8) is 0 Å². The van der Waals surface area contributed by atoms with Gasteiger partial charge in [0.25, 0.3) is 0 Å². The average molecular weight is 247 g/mol. The van der Waals surface area contributed by atoms with Crippen LogP contribution in [-0.4, -0.2) is 18.3 Å². The molecule has 0 saturated carbocycles. The van der Waals surface area contributed by atoms with Crippen LogP contribution in [0.3, 0.4) is 0 Å². The predicted molar refractivity (Wildman–Crippen MR) is 73.4 cm³/mol. The second-order valence-corrected chi connectivity index (χ2v) is 4.86. The van der Waals surface area contributed by atoms with E-state index >= 15 is 0 Å². The highest BCUT2D eigenvalue weighted by molar-refractivity contribution is 5.80. The molecule has 0 bridgehead atoms. The van der Waals surface area contributed by atoms with Crippen LogP contribution >= 0.6 is 0 Å². The molecule has 0 aliphatic heterocycles. The van der Waals surface area contributed by atoms with Gasteiger partial charge in [-0.25, -0.2) is 0 Å². The summed E-state index contributed by atoms with van der Waals surface area (Å²) in [6.45, 7) is 4.17. The Balaban J connectivity index is 1.77. The van der Waals surface area contributed by atoms with Crippen molar-refractivity contribution in [3.05, 3.63) is 36.1 Å². The first-order valence-electron chi connectivity index (χ1n) is 6.58. The van der Waals surface area contributed by atoms with E-state index in [0.717, 1.165) is 31.5 Å². The molecule has 1 heterocycles. The molecule has 3 heteroatoms. The minimum absolute atomic E-state index is 0.284. The second-order valence-electron chi connectivity index (χ2n) is 4.86. The summed E-state index contributed by atoms with van der Waals surface area (Å²) < 4.78 is 5.49. The highest BCUT2D eigenvalue weighted by atomic mass is 16.3. The fraction of sp³-hybridized carbons (Fsp3) is 0.467. The maximum atomic E-state index is 8.93. The molecule has 1 aromatic heterocycles. The highest BCUT2D eigenvalue weighted by Gasteiger charge is 2.04. The molecule has 2 rings (SSSR count). The topological polar surface area (TPSA) is 45.4 Å². The van der Waals surface area contributed by atoms with Gasteiger partial charge in [-0.1, -0.05) is 25.1 Å². The Morgan fingerprint density at radius 1 is 1.33 bits per heavy atom. The molecule has 2 aromatic rings. The quantitative estimate of drug-likeness (QED) is 0.739. The van der Waals surface area contributed by atoms with Gasteiger partial charge in [-0.3, -0.25) is 0 Å². The molecule has 1 aromatic carbocycles. The summed E-state index contributed by atoms with van der Waals surface area (Å²) in [7, 11) is 0. The zero-order valence-electron chi connectivity index (χ0n) is 10.9. The predicted octanol–water partition coefficient (Wildman–Crippen LogP) is 2.93. The monoisotopic (exact) mass is 247 g/mol. The minimum Gasteiger partial charge on any atom is -0.464 e. The van der Waals surface area contributed by atoms with Gasteiger partial charge in [-0.2, -0.15) is 0 Å². The molecule has 3 nitrogen and oxygen atoms in total. The number of rotatable bonds is 7. The lowest BCUT2D eigenvalue weighted by Crippen LogP contribution is -2.15. The number of aliphatic hydroxyl groups excluding tert-OH is 1. The van der Waals surface area contributed by atoms with Crippen molar-refractivity contribution >= 4 is 11.0 Å². The van der Waals surface area contributed by atoms with Crippen molar-refractivity contribution in [1.29, 1.82) is 0 Å². The molecule has 0 saturated heterocycles. The summed E-state index contributed by atoms with van der Waals surface area (Å²) >= 11 is 0. The Morgan fingerprint density at radius 2 is 2.17 bits per heavy atom. The van der Waals surface area contributed by atoms with Crippen molar-refractivity contribution in [2.75, 3.05) is 13.2 Å². The number of fused-ring (bicyclic) bond motifs is 1. The van der Waals surface area contributed by atoms with Crippen molar-refractivity contribution in [1.82, 2.24) is 5.32 Å². The van der Waals surface area contributed by atoms with Gasteiger partial charge in [0.15, 0.2) is 0 Å².